The van der Waals surface area contributed by atoms with Crippen molar-refractivity contribution >= 4 is 50.3 Å². The molecule has 0 radical (unpaired) electrons. The molecule has 3 aromatic rings. The van der Waals surface area contributed by atoms with E-state index in [1.807, 2.05) is 4.90 Å². The number of nitrogens with one attached hydrogen (secondary N) is 1. The number of nitrogens with two attached hydrogens (primary N) is 2. The van der Waals surface area contributed by atoms with Crippen LogP contribution >= 0.6 is 15.6 Å². The van der Waals surface area contributed by atoms with Gasteiger partial charge in [0, 0.05) is 31.6 Å². The largest absolute Gasteiger partial charge is 0.472 e. The maximum atomic E-state index is 13.5. The van der Waals surface area contributed by atoms with Gasteiger partial charge >= 0.3 is 27.3 Å². The summed E-state index contributed by atoms with van der Waals surface area (Å²) in [5.41, 5.74) is 11.0. The molecular weight excluding hydrogens is 826 g/mol. The minimum absolute atomic E-state index is 0.0373. The van der Waals surface area contributed by atoms with Gasteiger partial charge in [-0.1, -0.05) is 12.5 Å². The van der Waals surface area contributed by atoms with Gasteiger partial charge in [0.15, 0.2) is 23.8 Å². The third kappa shape index (κ3) is 11.5. The highest BCUT2D eigenvalue weighted by Gasteiger charge is 2.50. The van der Waals surface area contributed by atoms with Gasteiger partial charge in [-0.15, -0.1) is 6.58 Å². The number of phosphoric acid groups is 2. The van der Waals surface area contributed by atoms with Crippen LogP contribution in [-0.4, -0.2) is 135 Å². The van der Waals surface area contributed by atoms with Crippen molar-refractivity contribution in [2.75, 3.05) is 44.3 Å². The summed E-state index contributed by atoms with van der Waals surface area (Å²) < 4.78 is 60.1. The van der Waals surface area contributed by atoms with E-state index in [-0.39, 0.29) is 54.1 Å². The van der Waals surface area contributed by atoms with Crippen LogP contribution in [0.2, 0.25) is 0 Å². The molecule has 3 aromatic heterocycles. The quantitative estimate of drug-likeness (QED) is 0.0498. The maximum absolute atomic E-state index is 13.5. The van der Waals surface area contributed by atoms with Gasteiger partial charge in [0.25, 0.3) is 0 Å². The molecule has 324 valence electrons. The Morgan fingerprint density at radius 1 is 1.07 bits per heavy atom. The number of esters is 1. The molecule has 59 heavy (non-hydrogen) atoms. The molecule has 3 fully saturated rings. The normalized spacial score (nSPS) is 27.6. The molecular formula is C32H46N10O15P2. The number of rotatable bonds is 17. The first-order chi connectivity index (χ1) is 28.0. The van der Waals surface area contributed by atoms with Crippen molar-refractivity contribution in [2.45, 2.75) is 87.5 Å². The van der Waals surface area contributed by atoms with Gasteiger partial charge < -0.3 is 50.8 Å². The van der Waals surface area contributed by atoms with E-state index in [0.29, 0.717) is 25.9 Å². The average molecular weight is 873 g/mol. The summed E-state index contributed by atoms with van der Waals surface area (Å²) in [4.78, 5) is 85.6. The van der Waals surface area contributed by atoms with Gasteiger partial charge in [-0.05, 0) is 31.9 Å². The van der Waals surface area contributed by atoms with Gasteiger partial charge in [-0.3, -0.25) is 37.2 Å². The van der Waals surface area contributed by atoms with Crippen LogP contribution in [0.5, 0.6) is 0 Å². The number of aliphatic hydroxyl groups excluding tert-OH is 1. The van der Waals surface area contributed by atoms with E-state index in [1.165, 1.54) is 29.5 Å². The summed E-state index contributed by atoms with van der Waals surface area (Å²) in [6, 6.07) is 1.07. The van der Waals surface area contributed by atoms with Crippen molar-refractivity contribution in [1.82, 2.24) is 39.3 Å². The smallest absolute Gasteiger partial charge is 0.456 e. The number of fused-ring (bicyclic) bond motifs is 1. The maximum Gasteiger partial charge on any atom is 0.472 e. The van der Waals surface area contributed by atoms with Gasteiger partial charge in [-0.25, -0.2) is 28.9 Å². The summed E-state index contributed by atoms with van der Waals surface area (Å²) in [5.74, 6) is -0.965. The summed E-state index contributed by atoms with van der Waals surface area (Å²) in [5, 5.41) is 14.6. The number of hydrogen-bond donors (Lipinski definition) is 7. The van der Waals surface area contributed by atoms with E-state index in [4.69, 9.17) is 34.7 Å². The van der Waals surface area contributed by atoms with E-state index >= 15 is 0 Å². The van der Waals surface area contributed by atoms with Crippen molar-refractivity contribution in [3.8, 4) is 0 Å². The molecule has 6 unspecified atom stereocenters. The lowest BCUT2D eigenvalue weighted by Gasteiger charge is -2.26. The Morgan fingerprint density at radius 2 is 1.85 bits per heavy atom. The number of carbonyl (C=O) groups is 2. The first-order valence-corrected chi connectivity index (χ1v) is 21.5. The fourth-order valence-corrected chi connectivity index (χ4v) is 8.29. The van der Waals surface area contributed by atoms with E-state index in [1.54, 1.807) is 6.08 Å². The predicted molar refractivity (Wildman–Crippen MR) is 201 cm³/mol. The zero-order valence-corrected chi connectivity index (χ0v) is 33.2. The monoisotopic (exact) mass is 872 g/mol. The number of allylic oxidation sites excluding steroid dienone is 1. The van der Waals surface area contributed by atoms with Crippen molar-refractivity contribution in [3.63, 3.8) is 0 Å². The fourth-order valence-electron chi connectivity index (χ4n) is 6.99. The first-order valence-electron chi connectivity index (χ1n) is 18.4. The van der Waals surface area contributed by atoms with E-state index in [9.17, 15) is 43.3 Å². The number of likely N-dealkylation sites (tertiary alicyclic amines) is 1. The number of nitrogens with zero attached hydrogens (tertiary/aromatic N) is 7. The van der Waals surface area contributed by atoms with Crippen LogP contribution in [0.3, 0.4) is 0 Å². The molecule has 3 saturated heterocycles. The molecule has 1 amide bonds. The molecule has 0 bridgehead atoms. The minimum Gasteiger partial charge on any atom is -0.456 e. The van der Waals surface area contributed by atoms with Crippen LogP contribution in [0.15, 0.2) is 42.4 Å². The second-order valence-electron chi connectivity index (χ2n) is 14.0. The number of aromatic nitrogens is 6. The zero-order valence-electron chi connectivity index (χ0n) is 31.5. The number of ether oxygens (including phenoxy) is 3. The molecule has 25 nitrogen and oxygen atoms in total. The lowest BCUT2D eigenvalue weighted by Crippen LogP contribution is -2.45. The molecule has 9 N–H and O–H groups in total. The number of phosphoric ester groups is 2. The van der Waals surface area contributed by atoms with Gasteiger partial charge in [0.2, 0.25) is 5.91 Å². The Balaban J connectivity index is 1.17. The van der Waals surface area contributed by atoms with Gasteiger partial charge in [-0.2, -0.15) is 4.98 Å². The molecule has 0 aliphatic carbocycles. The van der Waals surface area contributed by atoms with Crippen molar-refractivity contribution < 1.29 is 66.3 Å². The van der Waals surface area contributed by atoms with Gasteiger partial charge in [0.1, 0.15) is 48.3 Å². The number of anilines is 2. The Hall–Kier alpha value is -4.23. The molecule has 6 rings (SSSR count). The molecule has 0 aromatic carbocycles. The Labute approximate surface area is 335 Å². The third-order valence-electron chi connectivity index (χ3n) is 9.71. The molecule has 9 atom stereocenters. The SMILES string of the molecule is C=CCCC(=O)N[C@H]1CCCCN(CC(=O)OC2C(COP(=O)(O)O[C@@H]3C[C@H](n4ccc(N)nc4=O)OC3COP(=O)(O)O)OC(n3cnc4c(N)ncnc43)C2O)C1. The highest BCUT2D eigenvalue weighted by Crippen LogP contribution is 2.50. The molecule has 3 aliphatic heterocycles. The van der Waals surface area contributed by atoms with Crippen LogP contribution in [0, 0.1) is 0 Å². The topological polar surface area (TPSA) is 350 Å². The fraction of sp³-hybridized carbons (Fsp3) is 0.594. The van der Waals surface area contributed by atoms with Crippen molar-refractivity contribution in [1.29, 1.82) is 0 Å². The first kappa shape index (κ1) is 44.3. The van der Waals surface area contributed by atoms with Gasteiger partial charge in [0.05, 0.1) is 26.1 Å². The lowest BCUT2D eigenvalue weighted by atomic mass is 10.1. The summed E-state index contributed by atoms with van der Waals surface area (Å²) in [6.45, 7) is 2.65. The van der Waals surface area contributed by atoms with Crippen LogP contribution in [-0.2, 0) is 46.5 Å². The summed E-state index contributed by atoms with van der Waals surface area (Å²) in [7, 11) is -10.2. The number of carbonyl (C=O) groups excluding carboxylic acids is 2. The highest BCUT2D eigenvalue weighted by atomic mass is 31.2. The predicted octanol–water partition coefficient (Wildman–Crippen LogP) is -0.746. The molecule has 0 saturated carbocycles. The Kier molecular flexibility index (Phi) is 14.3. The van der Waals surface area contributed by atoms with E-state index in [0.717, 1.165) is 17.4 Å². The van der Waals surface area contributed by atoms with E-state index in [2.05, 4.69) is 36.4 Å². The summed E-state index contributed by atoms with van der Waals surface area (Å²) >= 11 is 0. The van der Waals surface area contributed by atoms with Crippen molar-refractivity contribution in [2.24, 2.45) is 0 Å². The number of amides is 1. The second-order valence-corrected chi connectivity index (χ2v) is 16.7. The highest BCUT2D eigenvalue weighted by molar-refractivity contribution is 7.47. The zero-order chi connectivity index (χ0) is 42.5. The number of hydrogen-bond acceptors (Lipinski definition) is 19. The van der Waals surface area contributed by atoms with E-state index < -0.39 is 83.5 Å². The second kappa shape index (κ2) is 19.0. The lowest BCUT2D eigenvalue weighted by molar-refractivity contribution is -0.157. The third-order valence-corrected chi connectivity index (χ3v) is 11.2. The summed E-state index contributed by atoms with van der Waals surface area (Å²) in [6.07, 6.45) is -1.84. The number of aliphatic hydroxyl groups is 1. The molecule has 27 heteroatoms. The number of nitrogen functional groups attached to an aromatic ring is 2. The Morgan fingerprint density at radius 3 is 2.59 bits per heavy atom. The van der Waals surface area contributed by atoms with Crippen LogP contribution < -0.4 is 22.5 Å². The minimum atomic E-state index is -5.16. The van der Waals surface area contributed by atoms with Crippen LogP contribution in [0.25, 0.3) is 11.2 Å². The molecule has 0 spiro atoms. The average Bonchev–Trinajstić information content (AvgIpc) is 3.80. The van der Waals surface area contributed by atoms with Crippen molar-refractivity contribution in [3.05, 3.63) is 48.1 Å². The van der Waals surface area contributed by atoms with Crippen LogP contribution in [0.1, 0.15) is 51.0 Å². The van der Waals surface area contributed by atoms with Crippen LogP contribution in [0.4, 0.5) is 11.6 Å². The Bertz CT molecular complexity index is 2140. The number of imidazole rings is 1. The molecule has 3 aliphatic rings. The standard InChI is InChI=1S/C32H46N10O15P2/c1-2-3-7-23(43)38-18-6-4-5-9-40(12-18)13-25(44)56-28-21(55-31(27(28)45)42-17-37-26-29(34)35-16-36-30(26)42)15-53-59(50,51)57-19-11-24(41-10-8-22(33)39-32(41)46)54-20(19)14-52-58(47,48)49/h2,8,10,16-21,24,27-28,31,45H,1,3-7,9,11-15H2,(H,38,43)(H,50,51)(H2,33,39,46)(H2,34,35,36)(H2,47,48,49)/t18-,19+,20?,21?,24+,27?,28?,31?/m0/s1. The molecule has 6 heterocycles.